The summed E-state index contributed by atoms with van der Waals surface area (Å²) in [5.74, 6) is -0.826. The van der Waals surface area contributed by atoms with Crippen molar-refractivity contribution in [3.63, 3.8) is 0 Å². The topological polar surface area (TPSA) is 63.3 Å². The molecule has 0 saturated carbocycles. The highest BCUT2D eigenvalue weighted by molar-refractivity contribution is 8.00. The monoisotopic (exact) mass is 197 g/mol. The Hall–Kier alpha value is -1.16. The van der Waals surface area contributed by atoms with E-state index in [0.29, 0.717) is 5.69 Å². The third kappa shape index (κ3) is 2.66. The van der Waals surface area contributed by atoms with Gasteiger partial charge in [-0.15, -0.1) is 11.8 Å². The molecule has 0 aliphatic rings. The molecule has 3 N–H and O–H groups in total. The van der Waals surface area contributed by atoms with E-state index in [-0.39, 0.29) is 0 Å². The van der Waals surface area contributed by atoms with Crippen LogP contribution in [-0.2, 0) is 4.79 Å². The Morgan fingerprint density at radius 2 is 2.15 bits per heavy atom. The highest BCUT2D eigenvalue weighted by atomic mass is 32.2. The maximum Gasteiger partial charge on any atom is 0.316 e. The first-order chi connectivity index (χ1) is 6.11. The molecule has 0 amide bonds. The first-order valence-electron chi connectivity index (χ1n) is 3.85. The number of nitrogens with two attached hydrogens (primary N) is 1. The summed E-state index contributed by atoms with van der Waals surface area (Å²) in [6.45, 7) is 1.64. The predicted octanol–water partition coefficient (Wildman–Crippen LogP) is 1.83. The molecule has 0 fully saturated rings. The molecule has 13 heavy (non-hydrogen) atoms. The zero-order valence-corrected chi connectivity index (χ0v) is 8.04. The van der Waals surface area contributed by atoms with Crippen molar-refractivity contribution in [2.45, 2.75) is 17.1 Å². The molecule has 1 atom stereocenters. The van der Waals surface area contributed by atoms with Crippen molar-refractivity contribution in [2.24, 2.45) is 0 Å². The standard InChI is InChI=1S/C9H11NO2S/c1-6(9(11)12)13-8-5-3-2-4-7(8)10/h2-6H,10H2,1H3,(H,11,12)/t6-/m0/s1. The molecular formula is C9H11NO2S. The molecule has 1 aromatic rings. The third-order valence-electron chi connectivity index (χ3n) is 1.57. The number of hydrogen-bond donors (Lipinski definition) is 2. The first-order valence-corrected chi connectivity index (χ1v) is 4.73. The summed E-state index contributed by atoms with van der Waals surface area (Å²) in [6.07, 6.45) is 0. The summed E-state index contributed by atoms with van der Waals surface area (Å²) >= 11 is 1.25. The van der Waals surface area contributed by atoms with Crippen LogP contribution in [0.15, 0.2) is 29.2 Å². The summed E-state index contributed by atoms with van der Waals surface area (Å²) in [5.41, 5.74) is 6.28. The molecular weight excluding hydrogens is 186 g/mol. The van der Waals surface area contributed by atoms with Gasteiger partial charge < -0.3 is 10.8 Å². The summed E-state index contributed by atoms with van der Waals surface area (Å²) in [6, 6.07) is 7.24. The molecule has 0 saturated heterocycles. The molecule has 0 aliphatic carbocycles. The van der Waals surface area contributed by atoms with Crippen LogP contribution in [0.1, 0.15) is 6.92 Å². The summed E-state index contributed by atoms with van der Waals surface area (Å²) < 4.78 is 0. The van der Waals surface area contributed by atoms with Crippen LogP contribution in [0, 0.1) is 0 Å². The van der Waals surface area contributed by atoms with Gasteiger partial charge in [0.1, 0.15) is 5.25 Å². The number of thioether (sulfide) groups is 1. The Labute approximate surface area is 80.9 Å². The van der Waals surface area contributed by atoms with Crippen LogP contribution in [0.25, 0.3) is 0 Å². The number of benzene rings is 1. The number of para-hydroxylation sites is 1. The number of rotatable bonds is 3. The Balaban J connectivity index is 2.74. The smallest absolute Gasteiger partial charge is 0.316 e. The second-order valence-electron chi connectivity index (χ2n) is 2.64. The lowest BCUT2D eigenvalue weighted by atomic mass is 10.3. The maximum atomic E-state index is 10.6. The Kier molecular flexibility index (Phi) is 3.19. The van der Waals surface area contributed by atoms with Gasteiger partial charge in [0.05, 0.1) is 0 Å². The molecule has 0 unspecified atom stereocenters. The van der Waals surface area contributed by atoms with E-state index < -0.39 is 11.2 Å². The Morgan fingerprint density at radius 1 is 1.54 bits per heavy atom. The van der Waals surface area contributed by atoms with Gasteiger partial charge in [-0.05, 0) is 19.1 Å². The average Bonchev–Trinajstić information content (AvgIpc) is 2.08. The van der Waals surface area contributed by atoms with Crippen LogP contribution in [0.5, 0.6) is 0 Å². The minimum Gasteiger partial charge on any atom is -0.480 e. The van der Waals surface area contributed by atoms with Crippen molar-refractivity contribution in [1.29, 1.82) is 0 Å². The van der Waals surface area contributed by atoms with Gasteiger partial charge in [0.15, 0.2) is 0 Å². The van der Waals surface area contributed by atoms with E-state index in [2.05, 4.69) is 0 Å². The molecule has 0 heterocycles. The number of hydrogen-bond acceptors (Lipinski definition) is 3. The fraction of sp³-hybridized carbons (Fsp3) is 0.222. The van der Waals surface area contributed by atoms with Gasteiger partial charge in [-0.1, -0.05) is 12.1 Å². The van der Waals surface area contributed by atoms with E-state index in [1.54, 1.807) is 13.0 Å². The van der Waals surface area contributed by atoms with Crippen molar-refractivity contribution in [3.05, 3.63) is 24.3 Å². The second kappa shape index (κ2) is 4.18. The molecule has 1 aromatic carbocycles. The minimum atomic E-state index is -0.826. The van der Waals surface area contributed by atoms with Crippen molar-refractivity contribution in [1.82, 2.24) is 0 Å². The molecule has 0 aromatic heterocycles. The predicted molar refractivity (Wildman–Crippen MR) is 53.8 cm³/mol. The number of carbonyl (C=O) groups is 1. The van der Waals surface area contributed by atoms with Crippen molar-refractivity contribution in [2.75, 3.05) is 5.73 Å². The van der Waals surface area contributed by atoms with Gasteiger partial charge in [0.25, 0.3) is 0 Å². The summed E-state index contributed by atoms with van der Waals surface area (Å²) in [4.78, 5) is 11.4. The van der Waals surface area contributed by atoms with Gasteiger partial charge in [0.2, 0.25) is 0 Å². The summed E-state index contributed by atoms with van der Waals surface area (Å²) in [5, 5.41) is 8.20. The molecule has 3 nitrogen and oxygen atoms in total. The number of aliphatic carboxylic acids is 1. The zero-order valence-electron chi connectivity index (χ0n) is 7.23. The van der Waals surface area contributed by atoms with E-state index >= 15 is 0 Å². The van der Waals surface area contributed by atoms with E-state index in [1.807, 2.05) is 18.2 Å². The Morgan fingerprint density at radius 3 is 2.69 bits per heavy atom. The molecule has 0 spiro atoms. The van der Waals surface area contributed by atoms with Gasteiger partial charge >= 0.3 is 5.97 Å². The Bertz CT molecular complexity index is 314. The molecule has 70 valence electrons. The van der Waals surface area contributed by atoms with Crippen molar-refractivity contribution >= 4 is 23.4 Å². The lowest BCUT2D eigenvalue weighted by molar-refractivity contribution is -0.136. The van der Waals surface area contributed by atoms with Crippen LogP contribution >= 0.6 is 11.8 Å². The van der Waals surface area contributed by atoms with Gasteiger partial charge in [0, 0.05) is 10.6 Å². The zero-order chi connectivity index (χ0) is 9.84. The number of nitrogen functional groups attached to an aromatic ring is 1. The maximum absolute atomic E-state index is 10.6. The van der Waals surface area contributed by atoms with Crippen molar-refractivity contribution < 1.29 is 9.90 Å². The molecule has 1 rings (SSSR count). The first kappa shape index (κ1) is 9.92. The number of carboxylic acids is 1. The van der Waals surface area contributed by atoms with E-state index in [0.717, 1.165) is 4.90 Å². The minimum absolute atomic E-state index is 0.468. The lowest BCUT2D eigenvalue weighted by Gasteiger charge is -2.07. The SMILES string of the molecule is C[C@H](Sc1ccccc1N)C(=O)O. The van der Waals surface area contributed by atoms with Gasteiger partial charge in [-0.2, -0.15) is 0 Å². The highest BCUT2D eigenvalue weighted by Crippen LogP contribution is 2.28. The van der Waals surface area contributed by atoms with Crippen molar-refractivity contribution in [3.8, 4) is 0 Å². The van der Waals surface area contributed by atoms with Gasteiger partial charge in [-0.3, -0.25) is 4.79 Å². The van der Waals surface area contributed by atoms with E-state index in [1.165, 1.54) is 11.8 Å². The van der Waals surface area contributed by atoms with E-state index in [9.17, 15) is 4.79 Å². The second-order valence-corrected chi connectivity index (χ2v) is 4.02. The number of carboxylic acid groups (broad SMARTS) is 1. The molecule has 4 heteroatoms. The largest absolute Gasteiger partial charge is 0.480 e. The fourth-order valence-electron chi connectivity index (χ4n) is 0.829. The lowest BCUT2D eigenvalue weighted by Crippen LogP contribution is -2.11. The quantitative estimate of drug-likeness (QED) is 0.573. The van der Waals surface area contributed by atoms with Crippen LogP contribution in [0.3, 0.4) is 0 Å². The molecule has 0 bridgehead atoms. The highest BCUT2D eigenvalue weighted by Gasteiger charge is 2.13. The third-order valence-corrected chi connectivity index (χ3v) is 2.75. The van der Waals surface area contributed by atoms with Crippen LogP contribution in [0.2, 0.25) is 0 Å². The number of anilines is 1. The summed E-state index contributed by atoms with van der Waals surface area (Å²) in [7, 11) is 0. The van der Waals surface area contributed by atoms with Crippen LogP contribution in [0.4, 0.5) is 5.69 Å². The molecule has 0 aliphatic heterocycles. The van der Waals surface area contributed by atoms with Crippen LogP contribution < -0.4 is 5.73 Å². The van der Waals surface area contributed by atoms with Gasteiger partial charge in [-0.25, -0.2) is 0 Å². The van der Waals surface area contributed by atoms with E-state index in [4.69, 9.17) is 10.8 Å². The van der Waals surface area contributed by atoms with Crippen LogP contribution in [-0.4, -0.2) is 16.3 Å². The fourth-order valence-corrected chi connectivity index (χ4v) is 1.67. The average molecular weight is 197 g/mol. The molecule has 0 radical (unpaired) electrons. The normalized spacial score (nSPS) is 12.4.